The minimum absolute atomic E-state index is 0.0443. The van der Waals surface area contributed by atoms with Gasteiger partial charge in [0.2, 0.25) is 0 Å². The Hall–Kier alpha value is -2.11. The first-order valence-corrected chi connectivity index (χ1v) is 9.31. The predicted octanol–water partition coefficient (Wildman–Crippen LogP) is 3.85. The average molecular weight is 345 g/mol. The summed E-state index contributed by atoms with van der Waals surface area (Å²) in [5.41, 5.74) is 1.10. The summed E-state index contributed by atoms with van der Waals surface area (Å²) < 4.78 is 0. The summed E-state index contributed by atoms with van der Waals surface area (Å²) in [5, 5.41) is 11.6. The molecular formula is C19H27N3O3. The second-order valence-corrected chi connectivity index (χ2v) is 7.50. The monoisotopic (exact) mass is 345 g/mol. The van der Waals surface area contributed by atoms with Gasteiger partial charge in [0.1, 0.15) is 5.69 Å². The molecule has 2 aliphatic rings. The van der Waals surface area contributed by atoms with Crippen LogP contribution in [0, 0.1) is 16.0 Å². The zero-order valence-electron chi connectivity index (χ0n) is 15.1. The van der Waals surface area contributed by atoms with E-state index in [1.165, 1.54) is 25.3 Å². The summed E-state index contributed by atoms with van der Waals surface area (Å²) >= 11 is 0. The first-order chi connectivity index (χ1) is 12.0. The molecule has 0 spiro atoms. The molecule has 2 fully saturated rings. The molecule has 1 saturated heterocycles. The molecule has 136 valence electrons. The molecule has 1 aromatic carbocycles. The van der Waals surface area contributed by atoms with E-state index in [-0.39, 0.29) is 22.6 Å². The Morgan fingerprint density at radius 3 is 2.52 bits per heavy atom. The van der Waals surface area contributed by atoms with E-state index in [1.54, 1.807) is 12.1 Å². The first-order valence-electron chi connectivity index (χ1n) is 9.31. The van der Waals surface area contributed by atoms with Gasteiger partial charge in [-0.3, -0.25) is 14.9 Å². The van der Waals surface area contributed by atoms with Crippen LogP contribution in [0.25, 0.3) is 0 Å². The lowest BCUT2D eigenvalue weighted by atomic mass is 10.1. The third-order valence-corrected chi connectivity index (χ3v) is 5.15. The number of amides is 1. The molecule has 1 aliphatic carbocycles. The van der Waals surface area contributed by atoms with Gasteiger partial charge < -0.3 is 9.80 Å². The van der Waals surface area contributed by atoms with E-state index in [2.05, 4.69) is 4.90 Å². The van der Waals surface area contributed by atoms with Crippen LogP contribution in [0.5, 0.6) is 0 Å². The van der Waals surface area contributed by atoms with E-state index in [9.17, 15) is 14.9 Å². The fourth-order valence-corrected chi connectivity index (χ4v) is 3.48. The minimum atomic E-state index is -0.360. The third-order valence-electron chi connectivity index (χ3n) is 5.15. The van der Waals surface area contributed by atoms with Crippen molar-refractivity contribution in [2.24, 2.45) is 5.92 Å². The quantitative estimate of drug-likeness (QED) is 0.580. The number of nitro groups is 1. The summed E-state index contributed by atoms with van der Waals surface area (Å²) in [6.07, 6.45) is 5.63. The Morgan fingerprint density at radius 1 is 1.28 bits per heavy atom. The maximum Gasteiger partial charge on any atom is 0.293 e. The lowest BCUT2D eigenvalue weighted by Gasteiger charge is -2.29. The molecular weight excluding hydrogens is 318 g/mol. The number of hydrogen-bond donors (Lipinski definition) is 0. The molecule has 6 heteroatoms. The molecule has 25 heavy (non-hydrogen) atoms. The number of benzene rings is 1. The van der Waals surface area contributed by atoms with Crippen LogP contribution >= 0.6 is 0 Å². The number of nitrogens with zero attached hydrogens (tertiary/aromatic N) is 3. The van der Waals surface area contributed by atoms with Crippen LogP contribution in [0.15, 0.2) is 18.2 Å². The highest BCUT2D eigenvalue weighted by atomic mass is 16.6. The summed E-state index contributed by atoms with van der Waals surface area (Å²) in [5.74, 6) is 0.490. The van der Waals surface area contributed by atoms with E-state index < -0.39 is 0 Å². The molecule has 0 bridgehead atoms. The van der Waals surface area contributed by atoms with Crippen molar-refractivity contribution in [2.45, 2.75) is 52.0 Å². The molecule has 6 nitrogen and oxygen atoms in total. The summed E-state index contributed by atoms with van der Waals surface area (Å²) in [7, 11) is 0. The van der Waals surface area contributed by atoms with Gasteiger partial charge in [-0.15, -0.1) is 0 Å². The van der Waals surface area contributed by atoms with Crippen LogP contribution in [0.3, 0.4) is 0 Å². The maximum atomic E-state index is 12.9. The van der Waals surface area contributed by atoms with Gasteiger partial charge in [-0.25, -0.2) is 0 Å². The standard InChI is InChI=1S/C19H27N3O3/c1-14(2)21(13-15-6-7-15)19(23)16-8-9-17(18(12-16)22(24)25)20-10-4-3-5-11-20/h8-9,12,14-15H,3-7,10-11,13H2,1-2H3. The van der Waals surface area contributed by atoms with E-state index in [4.69, 9.17) is 0 Å². The lowest BCUT2D eigenvalue weighted by molar-refractivity contribution is -0.384. The highest BCUT2D eigenvalue weighted by Gasteiger charge is 2.30. The minimum Gasteiger partial charge on any atom is -0.366 e. The zero-order valence-corrected chi connectivity index (χ0v) is 15.1. The van der Waals surface area contributed by atoms with E-state index in [1.807, 2.05) is 18.7 Å². The van der Waals surface area contributed by atoms with Crippen molar-refractivity contribution in [3.63, 3.8) is 0 Å². The van der Waals surface area contributed by atoms with E-state index in [0.717, 1.165) is 32.5 Å². The van der Waals surface area contributed by atoms with Crippen LogP contribution < -0.4 is 4.90 Å². The molecule has 1 aromatic rings. The van der Waals surface area contributed by atoms with E-state index in [0.29, 0.717) is 17.2 Å². The van der Waals surface area contributed by atoms with Gasteiger partial charge in [-0.05, 0) is 64.0 Å². The predicted molar refractivity (Wildman–Crippen MR) is 98.1 cm³/mol. The Kier molecular flexibility index (Phi) is 5.25. The van der Waals surface area contributed by atoms with Crippen LogP contribution in [0.4, 0.5) is 11.4 Å². The molecule has 0 radical (unpaired) electrons. The number of carbonyl (C=O) groups is 1. The van der Waals surface area contributed by atoms with Gasteiger partial charge in [-0.1, -0.05) is 0 Å². The Balaban J connectivity index is 1.87. The largest absolute Gasteiger partial charge is 0.366 e. The zero-order chi connectivity index (χ0) is 18.0. The van der Waals surface area contributed by atoms with Crippen LogP contribution in [0.1, 0.15) is 56.3 Å². The Morgan fingerprint density at radius 2 is 1.96 bits per heavy atom. The third kappa shape index (κ3) is 4.11. The van der Waals surface area contributed by atoms with Gasteiger partial charge in [0.05, 0.1) is 4.92 Å². The van der Waals surface area contributed by atoms with Crippen molar-refractivity contribution >= 4 is 17.3 Å². The molecule has 0 aromatic heterocycles. The van der Waals surface area contributed by atoms with E-state index >= 15 is 0 Å². The maximum absolute atomic E-state index is 12.9. The normalized spacial score (nSPS) is 17.6. The number of piperidine rings is 1. The smallest absolute Gasteiger partial charge is 0.293 e. The van der Waals surface area contributed by atoms with Crippen molar-refractivity contribution in [3.05, 3.63) is 33.9 Å². The van der Waals surface area contributed by atoms with Crippen LogP contribution in [-0.2, 0) is 0 Å². The number of carbonyl (C=O) groups excluding carboxylic acids is 1. The second kappa shape index (κ2) is 7.42. The molecule has 0 N–H and O–H groups in total. The molecule has 0 unspecified atom stereocenters. The average Bonchev–Trinajstić information content (AvgIpc) is 3.43. The summed E-state index contributed by atoms with van der Waals surface area (Å²) in [6, 6.07) is 5.07. The van der Waals surface area contributed by atoms with Gasteiger partial charge in [0, 0.05) is 37.3 Å². The van der Waals surface area contributed by atoms with Crippen molar-refractivity contribution in [1.29, 1.82) is 0 Å². The summed E-state index contributed by atoms with van der Waals surface area (Å²) in [4.78, 5) is 28.0. The molecule has 1 aliphatic heterocycles. The second-order valence-electron chi connectivity index (χ2n) is 7.50. The lowest BCUT2D eigenvalue weighted by Crippen LogP contribution is -2.38. The highest BCUT2D eigenvalue weighted by molar-refractivity contribution is 5.96. The number of nitro benzene ring substituents is 1. The van der Waals surface area contributed by atoms with Crippen molar-refractivity contribution in [3.8, 4) is 0 Å². The number of rotatable bonds is 6. The van der Waals surface area contributed by atoms with Crippen molar-refractivity contribution in [1.82, 2.24) is 4.90 Å². The Labute approximate surface area is 148 Å². The number of anilines is 1. The Bertz CT molecular complexity index is 649. The highest BCUT2D eigenvalue weighted by Crippen LogP contribution is 2.33. The molecule has 1 saturated carbocycles. The number of hydrogen-bond acceptors (Lipinski definition) is 4. The fraction of sp³-hybridized carbons (Fsp3) is 0.632. The van der Waals surface area contributed by atoms with Crippen LogP contribution in [-0.4, -0.2) is 41.4 Å². The fourth-order valence-electron chi connectivity index (χ4n) is 3.48. The van der Waals surface area contributed by atoms with Crippen molar-refractivity contribution in [2.75, 3.05) is 24.5 Å². The van der Waals surface area contributed by atoms with Crippen LogP contribution in [0.2, 0.25) is 0 Å². The van der Waals surface area contributed by atoms with Gasteiger partial charge >= 0.3 is 0 Å². The summed E-state index contributed by atoms with van der Waals surface area (Å²) in [6.45, 7) is 6.42. The SMILES string of the molecule is CC(C)N(CC1CC1)C(=O)c1ccc(N2CCCCC2)c([N+](=O)[O-])c1. The topological polar surface area (TPSA) is 66.7 Å². The molecule has 1 amide bonds. The molecule has 3 rings (SSSR count). The van der Waals surface area contributed by atoms with Crippen molar-refractivity contribution < 1.29 is 9.72 Å². The molecule has 0 atom stereocenters. The van der Waals surface area contributed by atoms with Gasteiger partial charge in [0.25, 0.3) is 11.6 Å². The first kappa shape index (κ1) is 17.7. The molecule has 1 heterocycles. The van der Waals surface area contributed by atoms with Gasteiger partial charge in [-0.2, -0.15) is 0 Å². The van der Waals surface area contributed by atoms with Gasteiger partial charge in [0.15, 0.2) is 0 Å².